The molecule has 0 amide bonds. The Kier molecular flexibility index (Phi) is 3.87. The zero-order valence-corrected chi connectivity index (χ0v) is 17.7. The van der Waals surface area contributed by atoms with Gasteiger partial charge in [0.05, 0.1) is 5.52 Å². The van der Waals surface area contributed by atoms with E-state index in [0.717, 1.165) is 37.9 Å². The molecule has 0 bridgehead atoms. The van der Waals surface area contributed by atoms with Gasteiger partial charge >= 0.3 is 0 Å². The lowest BCUT2D eigenvalue weighted by molar-refractivity contribution is 0.161. The van der Waals surface area contributed by atoms with Crippen molar-refractivity contribution in [2.75, 3.05) is 0 Å². The van der Waals surface area contributed by atoms with Crippen LogP contribution in [-0.4, -0.2) is 4.98 Å². The molecule has 0 atom stereocenters. The molecule has 6 rings (SSSR count). The van der Waals surface area contributed by atoms with Gasteiger partial charge in [-0.1, -0.05) is 82.7 Å². The molecule has 1 aliphatic rings. The molecule has 4 aromatic carbocycles. The van der Waals surface area contributed by atoms with Gasteiger partial charge < -0.3 is 9.72 Å². The van der Waals surface area contributed by atoms with Crippen LogP contribution in [0.2, 0.25) is 0 Å². The Hall–Kier alpha value is -3.30. The third-order valence-corrected chi connectivity index (χ3v) is 6.39. The molecule has 0 unspecified atom stereocenters. The van der Waals surface area contributed by atoms with E-state index < -0.39 is 5.60 Å². The molecule has 2 nitrogen and oxygen atoms in total. The summed E-state index contributed by atoms with van der Waals surface area (Å²) in [5.74, 6) is 0.878. The van der Waals surface area contributed by atoms with E-state index in [4.69, 9.17) is 4.74 Å². The smallest absolute Gasteiger partial charge is 0.178 e. The van der Waals surface area contributed by atoms with Crippen LogP contribution in [0.15, 0.2) is 102 Å². The summed E-state index contributed by atoms with van der Waals surface area (Å²) >= 11 is 3.57. The van der Waals surface area contributed by atoms with Gasteiger partial charge in [-0.25, -0.2) is 0 Å². The second-order valence-electron chi connectivity index (χ2n) is 7.62. The first-order chi connectivity index (χ1) is 14.7. The zero-order valence-electron chi connectivity index (χ0n) is 16.1. The van der Waals surface area contributed by atoms with Gasteiger partial charge in [0.2, 0.25) is 0 Å². The van der Waals surface area contributed by atoms with Crippen molar-refractivity contribution >= 4 is 43.8 Å². The minimum absolute atomic E-state index is 0.655. The Morgan fingerprint density at radius 2 is 1.40 bits per heavy atom. The Balaban J connectivity index is 1.59. The molecule has 1 aromatic heterocycles. The third-order valence-electron chi connectivity index (χ3n) is 5.90. The Morgan fingerprint density at radius 3 is 2.10 bits per heavy atom. The number of H-pyrrole nitrogens is 1. The van der Waals surface area contributed by atoms with Crippen LogP contribution in [0.3, 0.4) is 0 Å². The largest absolute Gasteiger partial charge is 0.473 e. The van der Waals surface area contributed by atoms with Gasteiger partial charge in [0.25, 0.3) is 0 Å². The molecular weight excluding hydrogens is 434 g/mol. The van der Waals surface area contributed by atoms with Crippen molar-refractivity contribution in [3.63, 3.8) is 0 Å². The number of ether oxygens (including phenoxy) is 1. The first-order valence-corrected chi connectivity index (χ1v) is 10.8. The highest BCUT2D eigenvalue weighted by Gasteiger charge is 2.37. The molecule has 30 heavy (non-hydrogen) atoms. The van der Waals surface area contributed by atoms with Gasteiger partial charge in [-0.3, -0.25) is 0 Å². The van der Waals surface area contributed by atoms with E-state index in [9.17, 15) is 0 Å². The fraction of sp³-hybridized carbons (Fsp3) is 0.0370. The van der Waals surface area contributed by atoms with Crippen molar-refractivity contribution in [1.29, 1.82) is 0 Å². The van der Waals surface area contributed by atoms with Crippen LogP contribution in [0.4, 0.5) is 0 Å². The first-order valence-electron chi connectivity index (χ1n) is 9.98. The second kappa shape index (κ2) is 6.61. The molecular formula is C27H18BrNO. The van der Waals surface area contributed by atoms with Gasteiger partial charge in [0.15, 0.2) is 5.60 Å². The summed E-state index contributed by atoms with van der Waals surface area (Å²) in [6, 6.07) is 31.4. The highest BCUT2D eigenvalue weighted by Crippen LogP contribution is 2.44. The van der Waals surface area contributed by atoms with Crippen LogP contribution in [0, 0.1) is 0 Å². The maximum atomic E-state index is 6.80. The van der Waals surface area contributed by atoms with Gasteiger partial charge in [0.1, 0.15) is 5.75 Å². The van der Waals surface area contributed by atoms with Crippen LogP contribution >= 0.6 is 15.9 Å². The Morgan fingerprint density at radius 1 is 0.733 bits per heavy atom. The minimum Gasteiger partial charge on any atom is -0.473 e. The van der Waals surface area contributed by atoms with E-state index in [2.05, 4.69) is 112 Å². The van der Waals surface area contributed by atoms with Crippen molar-refractivity contribution < 1.29 is 4.74 Å². The van der Waals surface area contributed by atoms with Gasteiger partial charge in [-0.15, -0.1) is 0 Å². The maximum Gasteiger partial charge on any atom is 0.178 e. The van der Waals surface area contributed by atoms with E-state index in [-0.39, 0.29) is 0 Å². The topological polar surface area (TPSA) is 25.0 Å². The number of rotatable bonds is 2. The number of hydrogen-bond acceptors (Lipinski definition) is 1. The molecule has 2 heterocycles. The Labute approximate surface area is 182 Å². The van der Waals surface area contributed by atoms with Crippen molar-refractivity contribution in [1.82, 2.24) is 4.98 Å². The number of benzene rings is 4. The van der Waals surface area contributed by atoms with Gasteiger partial charge in [-0.05, 0) is 36.4 Å². The predicted molar refractivity (Wildman–Crippen MR) is 127 cm³/mol. The van der Waals surface area contributed by atoms with Crippen molar-refractivity contribution in [3.05, 3.63) is 118 Å². The van der Waals surface area contributed by atoms with E-state index in [1.807, 2.05) is 12.1 Å². The minimum atomic E-state index is -0.655. The summed E-state index contributed by atoms with van der Waals surface area (Å²) in [4.78, 5) is 3.59. The summed E-state index contributed by atoms with van der Waals surface area (Å²) in [5, 5.41) is 2.42. The van der Waals surface area contributed by atoms with E-state index in [0.29, 0.717) is 0 Å². The first kappa shape index (κ1) is 17.5. The number of nitrogens with one attached hydrogen (secondary N) is 1. The molecule has 0 aliphatic carbocycles. The number of fused-ring (bicyclic) bond motifs is 5. The van der Waals surface area contributed by atoms with Crippen molar-refractivity contribution in [2.24, 2.45) is 0 Å². The van der Waals surface area contributed by atoms with Crippen LogP contribution in [0.5, 0.6) is 5.75 Å². The summed E-state index contributed by atoms with van der Waals surface area (Å²) in [5.41, 5.74) is 4.87. The molecule has 0 fully saturated rings. The molecule has 144 valence electrons. The summed E-state index contributed by atoms with van der Waals surface area (Å²) in [6.45, 7) is 0. The fourth-order valence-corrected chi connectivity index (χ4v) is 4.82. The highest BCUT2D eigenvalue weighted by molar-refractivity contribution is 9.10. The zero-order chi connectivity index (χ0) is 20.1. The fourth-order valence-electron chi connectivity index (χ4n) is 4.46. The lowest BCUT2D eigenvalue weighted by Crippen LogP contribution is -2.34. The lowest BCUT2D eigenvalue weighted by atomic mass is 9.83. The molecule has 3 heteroatoms. The highest BCUT2D eigenvalue weighted by atomic mass is 79.9. The number of hydrogen-bond donors (Lipinski definition) is 1. The standard InChI is InChI=1S/C27H18BrNO/c28-20-11-12-21-22-13-14-25-23(26(22)29-24(21)17-20)15-16-27(30-25,18-7-3-1-4-8-18)19-9-5-2-6-10-19/h1-17,29H. The van der Waals surface area contributed by atoms with Gasteiger partial charge in [-0.2, -0.15) is 0 Å². The lowest BCUT2D eigenvalue weighted by Gasteiger charge is -2.36. The third kappa shape index (κ3) is 2.55. The van der Waals surface area contributed by atoms with Gasteiger partial charge in [0, 0.05) is 37.5 Å². The summed E-state index contributed by atoms with van der Waals surface area (Å²) in [6.07, 6.45) is 4.38. The summed E-state index contributed by atoms with van der Waals surface area (Å²) < 4.78 is 7.87. The average Bonchev–Trinajstić information content (AvgIpc) is 3.17. The second-order valence-corrected chi connectivity index (χ2v) is 8.53. The number of aromatic nitrogens is 1. The monoisotopic (exact) mass is 451 g/mol. The van der Waals surface area contributed by atoms with Crippen LogP contribution in [0.25, 0.3) is 27.9 Å². The van der Waals surface area contributed by atoms with Crippen LogP contribution in [-0.2, 0) is 5.60 Å². The molecule has 0 saturated heterocycles. The van der Waals surface area contributed by atoms with E-state index >= 15 is 0 Å². The molecule has 1 N–H and O–H groups in total. The SMILES string of the molecule is Brc1ccc2c(c1)[nH]c1c3c(ccc12)OC(c1ccccc1)(c1ccccc1)C=C3. The number of halogens is 1. The van der Waals surface area contributed by atoms with Crippen molar-refractivity contribution in [2.45, 2.75) is 5.60 Å². The van der Waals surface area contributed by atoms with Crippen molar-refractivity contribution in [3.8, 4) is 5.75 Å². The predicted octanol–water partition coefficient (Wildman–Crippen LogP) is 7.43. The normalized spacial score (nSPS) is 14.6. The molecule has 0 spiro atoms. The molecule has 0 radical (unpaired) electrons. The quantitative estimate of drug-likeness (QED) is 0.296. The van der Waals surface area contributed by atoms with Crippen LogP contribution in [0.1, 0.15) is 16.7 Å². The maximum absolute atomic E-state index is 6.80. The van der Waals surface area contributed by atoms with E-state index in [1.54, 1.807) is 0 Å². The van der Waals surface area contributed by atoms with E-state index in [1.165, 1.54) is 10.8 Å². The Bertz CT molecular complexity index is 1380. The average molecular weight is 452 g/mol. The van der Waals surface area contributed by atoms with Crippen LogP contribution < -0.4 is 4.74 Å². The molecule has 0 saturated carbocycles. The molecule has 5 aromatic rings. The molecule has 1 aliphatic heterocycles. The number of aromatic amines is 1. The summed E-state index contributed by atoms with van der Waals surface area (Å²) in [7, 11) is 0.